The summed E-state index contributed by atoms with van der Waals surface area (Å²) in [5.41, 5.74) is 4.05. The van der Waals surface area contributed by atoms with E-state index in [2.05, 4.69) is 17.1 Å². The number of rotatable bonds is 1. The molecule has 2 bridgehead atoms. The molecule has 2 atom stereocenters. The summed E-state index contributed by atoms with van der Waals surface area (Å²) in [6.07, 6.45) is 6.67. The molecule has 0 saturated heterocycles. The fraction of sp³-hybridized carbons (Fsp3) is 0.286. The minimum absolute atomic E-state index is 0.120. The van der Waals surface area contributed by atoms with Crippen molar-refractivity contribution >= 4 is 10.9 Å². The highest BCUT2D eigenvalue weighted by atomic mass is 16.3. The first-order valence-electron chi connectivity index (χ1n) is 9.00. The van der Waals surface area contributed by atoms with Crippen LogP contribution in [0.2, 0.25) is 0 Å². The van der Waals surface area contributed by atoms with Crippen LogP contribution < -0.4 is 5.56 Å². The van der Waals surface area contributed by atoms with Crippen LogP contribution in [0.5, 0.6) is 11.8 Å². The van der Waals surface area contributed by atoms with Gasteiger partial charge in [0, 0.05) is 34.4 Å². The second-order valence-corrected chi connectivity index (χ2v) is 7.93. The lowest BCUT2D eigenvalue weighted by atomic mass is 9.90. The molecular weight excluding hydrogens is 328 g/mol. The zero-order valence-corrected chi connectivity index (χ0v) is 14.3. The lowest BCUT2D eigenvalue weighted by Gasteiger charge is -2.17. The van der Waals surface area contributed by atoms with Gasteiger partial charge in [0.1, 0.15) is 0 Å². The van der Waals surface area contributed by atoms with E-state index in [1.54, 1.807) is 12.1 Å². The van der Waals surface area contributed by atoms with Crippen LogP contribution >= 0.6 is 0 Å². The molecule has 0 aliphatic heterocycles. The zero-order chi connectivity index (χ0) is 17.8. The molecule has 130 valence electrons. The van der Waals surface area contributed by atoms with Crippen LogP contribution in [0.15, 0.2) is 41.2 Å². The molecule has 3 N–H and O–H groups in total. The molecule has 0 radical (unpaired) electrons. The molecule has 3 aliphatic carbocycles. The van der Waals surface area contributed by atoms with Gasteiger partial charge in [-0.3, -0.25) is 9.36 Å². The van der Waals surface area contributed by atoms with E-state index < -0.39 is 0 Å². The maximum Gasteiger partial charge on any atom is 0.248 e. The van der Waals surface area contributed by atoms with Crippen LogP contribution in [-0.4, -0.2) is 19.8 Å². The van der Waals surface area contributed by atoms with Crippen molar-refractivity contribution in [1.29, 1.82) is 0 Å². The molecule has 1 spiro atoms. The van der Waals surface area contributed by atoms with Gasteiger partial charge in [-0.1, -0.05) is 18.2 Å². The smallest absolute Gasteiger partial charge is 0.248 e. The molecule has 0 unspecified atom stereocenters. The van der Waals surface area contributed by atoms with Crippen molar-refractivity contribution in [2.45, 2.75) is 31.6 Å². The zero-order valence-electron chi connectivity index (χ0n) is 14.3. The van der Waals surface area contributed by atoms with Crippen LogP contribution in [0.4, 0.5) is 0 Å². The number of aromatic hydroxyl groups is 2. The van der Waals surface area contributed by atoms with Crippen LogP contribution in [0, 0.1) is 12.3 Å². The molecule has 6 rings (SSSR count). The van der Waals surface area contributed by atoms with Crippen LogP contribution in [0.1, 0.15) is 41.4 Å². The highest BCUT2D eigenvalue weighted by molar-refractivity contribution is 5.84. The minimum Gasteiger partial charge on any atom is -0.494 e. The van der Waals surface area contributed by atoms with E-state index >= 15 is 0 Å². The Hall–Kier alpha value is -2.95. The fourth-order valence-electron chi connectivity index (χ4n) is 5.33. The first-order chi connectivity index (χ1) is 12.5. The lowest BCUT2D eigenvalue weighted by Crippen LogP contribution is -2.07. The molecular formula is C21H18N2O3. The van der Waals surface area contributed by atoms with Crippen LogP contribution in [0.3, 0.4) is 0 Å². The van der Waals surface area contributed by atoms with Gasteiger partial charge in [0.15, 0.2) is 0 Å². The SMILES string of the molecule is Cc1cc(=O)[nH]c2cc(-n3c(O)c4c(c3O)[C@@H]3C=C[C@H]4C34CC4)ccc12. The Morgan fingerprint density at radius 1 is 1.08 bits per heavy atom. The first kappa shape index (κ1) is 14.2. The average Bonchev–Trinajstić information content (AvgIpc) is 3.19. The van der Waals surface area contributed by atoms with Gasteiger partial charge >= 0.3 is 0 Å². The van der Waals surface area contributed by atoms with Crippen LogP contribution in [-0.2, 0) is 0 Å². The number of aromatic amines is 1. The van der Waals surface area contributed by atoms with Crippen molar-refractivity contribution in [1.82, 2.24) is 9.55 Å². The van der Waals surface area contributed by atoms with Crippen molar-refractivity contribution in [3.8, 4) is 17.4 Å². The lowest BCUT2D eigenvalue weighted by molar-refractivity contribution is 0.381. The number of hydrogen-bond acceptors (Lipinski definition) is 3. The van der Waals surface area contributed by atoms with Gasteiger partial charge in [0.2, 0.25) is 17.3 Å². The Labute approximate surface area is 149 Å². The molecule has 3 aromatic rings. The molecule has 0 amide bonds. The van der Waals surface area contributed by atoms with Crippen molar-refractivity contribution in [3.63, 3.8) is 0 Å². The summed E-state index contributed by atoms with van der Waals surface area (Å²) in [6, 6.07) is 7.15. The molecule has 3 aliphatic rings. The average molecular weight is 346 g/mol. The van der Waals surface area contributed by atoms with Gasteiger partial charge in [0.05, 0.1) is 11.2 Å². The van der Waals surface area contributed by atoms with E-state index in [1.165, 1.54) is 4.57 Å². The number of aryl methyl sites for hydroxylation is 1. The van der Waals surface area contributed by atoms with Crippen molar-refractivity contribution < 1.29 is 10.2 Å². The van der Waals surface area contributed by atoms with Gasteiger partial charge in [0.25, 0.3) is 0 Å². The summed E-state index contributed by atoms with van der Waals surface area (Å²) in [5.74, 6) is 0.652. The maximum atomic E-state index is 11.8. The Morgan fingerprint density at radius 2 is 1.73 bits per heavy atom. The summed E-state index contributed by atoms with van der Waals surface area (Å²) < 4.78 is 1.51. The number of benzene rings is 1. The highest BCUT2D eigenvalue weighted by Gasteiger charge is 2.64. The van der Waals surface area contributed by atoms with Crippen LogP contribution in [0.25, 0.3) is 16.6 Å². The van der Waals surface area contributed by atoms with E-state index in [9.17, 15) is 15.0 Å². The topological polar surface area (TPSA) is 78.2 Å². The number of pyridine rings is 1. The highest BCUT2D eigenvalue weighted by Crippen LogP contribution is 2.76. The molecule has 26 heavy (non-hydrogen) atoms. The fourth-order valence-corrected chi connectivity index (χ4v) is 5.33. The third-order valence-electron chi connectivity index (χ3n) is 6.67. The van der Waals surface area contributed by atoms with Gasteiger partial charge in [-0.25, -0.2) is 0 Å². The van der Waals surface area contributed by atoms with Crippen molar-refractivity contribution in [2.24, 2.45) is 5.41 Å². The van der Waals surface area contributed by atoms with Gasteiger partial charge < -0.3 is 15.2 Å². The van der Waals surface area contributed by atoms with Crippen molar-refractivity contribution in [2.75, 3.05) is 0 Å². The molecule has 5 nitrogen and oxygen atoms in total. The second-order valence-electron chi connectivity index (χ2n) is 7.93. The Balaban J connectivity index is 1.58. The van der Waals surface area contributed by atoms with E-state index in [0.29, 0.717) is 11.2 Å². The van der Waals surface area contributed by atoms with E-state index in [4.69, 9.17) is 0 Å². The Morgan fingerprint density at radius 3 is 2.35 bits per heavy atom. The number of fused-ring (bicyclic) bond motifs is 4. The molecule has 5 heteroatoms. The second kappa shape index (κ2) is 4.23. The summed E-state index contributed by atoms with van der Waals surface area (Å²) in [7, 11) is 0. The number of nitrogens with one attached hydrogen (secondary N) is 1. The number of H-pyrrole nitrogens is 1. The molecule has 1 fully saturated rings. The normalized spacial score (nSPS) is 23.9. The van der Waals surface area contributed by atoms with Gasteiger partial charge in [-0.2, -0.15) is 0 Å². The minimum atomic E-state index is -0.159. The first-order valence-corrected chi connectivity index (χ1v) is 9.00. The number of hydrogen-bond donors (Lipinski definition) is 3. The number of aromatic nitrogens is 2. The van der Waals surface area contributed by atoms with E-state index in [-0.39, 0.29) is 34.6 Å². The summed E-state index contributed by atoms with van der Waals surface area (Å²) >= 11 is 0. The number of nitrogens with zero attached hydrogens (tertiary/aromatic N) is 1. The third kappa shape index (κ3) is 1.46. The van der Waals surface area contributed by atoms with E-state index in [1.807, 2.05) is 19.1 Å². The predicted octanol–water partition coefficient (Wildman–Crippen LogP) is 3.57. The Kier molecular flexibility index (Phi) is 2.32. The number of allylic oxidation sites excluding steroid dienone is 2. The summed E-state index contributed by atoms with van der Waals surface area (Å²) in [5, 5.41) is 22.8. The quantitative estimate of drug-likeness (QED) is 0.590. The van der Waals surface area contributed by atoms with Gasteiger partial charge in [-0.05, 0) is 42.9 Å². The Bertz CT molecular complexity index is 1170. The largest absolute Gasteiger partial charge is 0.494 e. The maximum absolute atomic E-state index is 11.8. The van der Waals surface area contributed by atoms with Gasteiger partial charge in [-0.15, -0.1) is 0 Å². The molecule has 2 heterocycles. The van der Waals surface area contributed by atoms with E-state index in [0.717, 1.165) is 34.9 Å². The standard InChI is InChI=1S/C21H18N2O3/c1-10-8-16(24)22-15-9-11(2-3-12(10)15)23-19(25)17-13-4-5-14(18(17)20(23)26)21(13)6-7-21/h2-5,8-9,13-14,25-26H,6-7H2,1H3,(H,22,24)/t13-,14+. The predicted molar refractivity (Wildman–Crippen MR) is 98.3 cm³/mol. The summed E-state index contributed by atoms with van der Waals surface area (Å²) in [6.45, 7) is 1.90. The molecule has 2 aromatic heterocycles. The third-order valence-corrected chi connectivity index (χ3v) is 6.67. The molecule has 1 saturated carbocycles. The summed E-state index contributed by atoms with van der Waals surface area (Å²) in [4.78, 5) is 14.6. The molecule has 1 aromatic carbocycles. The monoisotopic (exact) mass is 346 g/mol. The van der Waals surface area contributed by atoms with Crippen molar-refractivity contribution in [3.05, 3.63) is 63.5 Å².